The Bertz CT molecular complexity index is 1500. The van der Waals surface area contributed by atoms with Crippen LogP contribution in [-0.2, 0) is 25.6 Å². The zero-order valence-corrected chi connectivity index (χ0v) is 29.1. The number of ether oxygens (including phenoxy) is 6. The van der Waals surface area contributed by atoms with Crippen LogP contribution in [0.25, 0.3) is 6.08 Å². The SMILES string of the molecule is BC(=O)N(C)c1cc(/C=C/C[C@@H]2OC(C)(C)O[C@@H]2[C@H](OCc2ccc(OC)cc2)/C(F)=C\[C@@H](C)C(C)C)c2c(c1)OC(C)(C)OC2=O. The van der Waals surface area contributed by atoms with E-state index in [0.717, 1.165) is 5.56 Å². The zero-order chi connectivity index (χ0) is 34.7. The molecule has 0 radical (unpaired) electrons. The van der Waals surface area contributed by atoms with E-state index in [1.54, 1.807) is 66.1 Å². The van der Waals surface area contributed by atoms with Gasteiger partial charge in [0.05, 0.1) is 19.8 Å². The molecule has 11 heteroatoms. The first-order chi connectivity index (χ1) is 22.0. The largest absolute Gasteiger partial charge is 0.497 e. The Labute approximate surface area is 278 Å². The van der Waals surface area contributed by atoms with Gasteiger partial charge < -0.3 is 33.3 Å². The maximum Gasteiger partial charge on any atom is 0.345 e. The molecule has 0 N–H and O–H groups in total. The summed E-state index contributed by atoms with van der Waals surface area (Å²) in [6, 6.07) is 10.8. The summed E-state index contributed by atoms with van der Waals surface area (Å²) in [6.07, 6.45) is 3.10. The zero-order valence-electron chi connectivity index (χ0n) is 29.1. The van der Waals surface area contributed by atoms with Crippen LogP contribution in [0.3, 0.4) is 0 Å². The second-order valence-electron chi connectivity index (χ2n) is 13.4. The smallest absolute Gasteiger partial charge is 0.345 e. The van der Waals surface area contributed by atoms with E-state index in [1.165, 1.54) is 12.7 Å². The number of amides is 1. The van der Waals surface area contributed by atoms with Crippen LogP contribution in [0.5, 0.6) is 11.5 Å². The van der Waals surface area contributed by atoms with E-state index in [2.05, 4.69) is 0 Å². The highest BCUT2D eigenvalue weighted by molar-refractivity contribution is 6.60. The van der Waals surface area contributed by atoms with E-state index >= 15 is 4.39 Å². The number of nitrogens with zero attached hydrogens (tertiary/aromatic N) is 1. The molecule has 0 aliphatic carbocycles. The Hall–Kier alpha value is -3.67. The summed E-state index contributed by atoms with van der Waals surface area (Å²) < 4.78 is 51.7. The van der Waals surface area contributed by atoms with Crippen LogP contribution in [-0.4, -0.2) is 63.7 Å². The summed E-state index contributed by atoms with van der Waals surface area (Å²) in [7, 11) is 4.70. The van der Waals surface area contributed by atoms with Crippen LogP contribution in [0.1, 0.15) is 76.4 Å². The number of hydrogen-bond acceptors (Lipinski definition) is 8. The highest BCUT2D eigenvalue weighted by atomic mass is 19.1. The first kappa shape index (κ1) is 36.2. The minimum absolute atomic E-state index is 0.0331. The van der Waals surface area contributed by atoms with Gasteiger partial charge in [-0.2, -0.15) is 0 Å². The number of allylic oxidation sites excluding steroid dienone is 1. The van der Waals surface area contributed by atoms with Crippen LogP contribution >= 0.6 is 0 Å². The number of esters is 1. The number of halogens is 1. The van der Waals surface area contributed by atoms with Gasteiger partial charge in [-0.25, -0.2) is 9.18 Å². The van der Waals surface area contributed by atoms with E-state index in [9.17, 15) is 9.59 Å². The quantitative estimate of drug-likeness (QED) is 0.182. The maximum absolute atomic E-state index is 16.1. The molecule has 1 fully saturated rings. The molecule has 9 nitrogen and oxygen atoms in total. The van der Waals surface area contributed by atoms with Crippen molar-refractivity contribution in [2.75, 3.05) is 19.1 Å². The summed E-state index contributed by atoms with van der Waals surface area (Å²) in [6.45, 7) is 13.1. The van der Waals surface area contributed by atoms with Gasteiger partial charge in [0.1, 0.15) is 35.1 Å². The summed E-state index contributed by atoms with van der Waals surface area (Å²) in [5.41, 5.74) is 2.16. The molecule has 4 rings (SSSR count). The van der Waals surface area contributed by atoms with Crippen molar-refractivity contribution in [3.63, 3.8) is 0 Å². The molecule has 254 valence electrons. The van der Waals surface area contributed by atoms with Gasteiger partial charge in [-0.05, 0) is 67.5 Å². The third-order valence-corrected chi connectivity index (χ3v) is 8.40. The second kappa shape index (κ2) is 14.6. The lowest BCUT2D eigenvalue weighted by Crippen LogP contribution is -2.39. The Balaban J connectivity index is 1.65. The van der Waals surface area contributed by atoms with Gasteiger partial charge in [-0.1, -0.05) is 45.1 Å². The number of carbonyl (C=O) groups excluding carboxylic acids is 2. The van der Waals surface area contributed by atoms with Gasteiger partial charge in [-0.3, -0.25) is 4.79 Å². The van der Waals surface area contributed by atoms with Gasteiger partial charge >= 0.3 is 5.97 Å². The highest BCUT2D eigenvalue weighted by Crippen LogP contribution is 2.39. The van der Waals surface area contributed by atoms with Gasteiger partial charge in [0.2, 0.25) is 13.6 Å². The van der Waals surface area contributed by atoms with Crippen molar-refractivity contribution in [1.82, 2.24) is 0 Å². The van der Waals surface area contributed by atoms with E-state index in [1.807, 2.05) is 51.1 Å². The lowest BCUT2D eigenvalue weighted by atomic mass is 9.95. The minimum Gasteiger partial charge on any atom is -0.497 e. The Kier molecular flexibility index (Phi) is 11.3. The molecule has 0 spiro atoms. The molecule has 0 saturated carbocycles. The van der Waals surface area contributed by atoms with Crippen LogP contribution in [0.4, 0.5) is 14.9 Å². The van der Waals surface area contributed by atoms with Crippen molar-refractivity contribution in [3.05, 3.63) is 71.1 Å². The topological polar surface area (TPSA) is 92.8 Å². The lowest BCUT2D eigenvalue weighted by Gasteiger charge is -2.33. The van der Waals surface area contributed by atoms with E-state index in [-0.39, 0.29) is 29.8 Å². The van der Waals surface area contributed by atoms with Crippen molar-refractivity contribution in [2.24, 2.45) is 11.8 Å². The number of benzene rings is 2. The van der Waals surface area contributed by atoms with E-state index < -0.39 is 41.7 Å². The van der Waals surface area contributed by atoms with Gasteiger partial charge in [0, 0.05) is 32.6 Å². The Morgan fingerprint density at radius 2 is 1.74 bits per heavy atom. The molecule has 2 aliphatic rings. The number of rotatable bonds is 12. The summed E-state index contributed by atoms with van der Waals surface area (Å²) in [5.74, 6) is -2.08. The van der Waals surface area contributed by atoms with Gasteiger partial charge in [0.15, 0.2) is 11.6 Å². The molecule has 2 aromatic carbocycles. The van der Waals surface area contributed by atoms with Crippen LogP contribution in [0.15, 0.2) is 54.4 Å². The van der Waals surface area contributed by atoms with E-state index in [4.69, 9.17) is 28.4 Å². The molecule has 4 atom stereocenters. The van der Waals surface area contributed by atoms with Crippen molar-refractivity contribution < 1.29 is 42.4 Å². The lowest BCUT2D eigenvalue weighted by molar-refractivity contribution is -0.158. The number of carbonyl (C=O) groups is 2. The fourth-order valence-corrected chi connectivity index (χ4v) is 5.40. The highest BCUT2D eigenvalue weighted by Gasteiger charge is 2.47. The van der Waals surface area contributed by atoms with Crippen molar-refractivity contribution in [3.8, 4) is 11.5 Å². The fourth-order valence-electron chi connectivity index (χ4n) is 5.40. The van der Waals surface area contributed by atoms with Crippen LogP contribution in [0, 0.1) is 11.8 Å². The average molecular weight is 652 g/mol. The third kappa shape index (κ3) is 9.03. The molecule has 2 aliphatic heterocycles. The second-order valence-corrected chi connectivity index (χ2v) is 13.4. The molecule has 0 aromatic heterocycles. The fraction of sp³-hybridized carbons (Fsp3) is 0.500. The van der Waals surface area contributed by atoms with Crippen LogP contribution < -0.4 is 14.4 Å². The average Bonchev–Trinajstić information content (AvgIpc) is 3.29. The maximum atomic E-state index is 16.1. The molecule has 2 heterocycles. The summed E-state index contributed by atoms with van der Waals surface area (Å²) >= 11 is 0. The monoisotopic (exact) mass is 651 g/mol. The number of cyclic esters (lactones) is 1. The van der Waals surface area contributed by atoms with Gasteiger partial charge in [-0.15, -0.1) is 0 Å². The number of anilines is 1. The van der Waals surface area contributed by atoms with Crippen LogP contribution in [0.2, 0.25) is 0 Å². The molecule has 1 amide bonds. The molecule has 1 saturated heterocycles. The molecule has 47 heavy (non-hydrogen) atoms. The van der Waals surface area contributed by atoms with Gasteiger partial charge in [0.25, 0.3) is 0 Å². The Morgan fingerprint density at radius 3 is 2.36 bits per heavy atom. The predicted molar refractivity (Wildman–Crippen MR) is 181 cm³/mol. The molecule has 0 unspecified atom stereocenters. The molecule has 2 aromatic rings. The van der Waals surface area contributed by atoms with Crippen molar-refractivity contribution in [1.29, 1.82) is 0 Å². The third-order valence-electron chi connectivity index (χ3n) is 8.40. The first-order valence-corrected chi connectivity index (χ1v) is 16.0. The normalized spacial score (nSPS) is 21.6. The Morgan fingerprint density at radius 1 is 1.06 bits per heavy atom. The summed E-state index contributed by atoms with van der Waals surface area (Å²) in [4.78, 5) is 26.7. The van der Waals surface area contributed by atoms with Crippen molar-refractivity contribution >= 4 is 31.4 Å². The molecular weight excluding hydrogens is 604 g/mol. The number of hydrogen-bond donors (Lipinski definition) is 0. The molecule has 0 bridgehead atoms. The van der Waals surface area contributed by atoms with E-state index in [0.29, 0.717) is 29.2 Å². The summed E-state index contributed by atoms with van der Waals surface area (Å²) in [5, 5.41) is 0. The minimum atomic E-state index is -1.17. The predicted octanol–water partition coefficient (Wildman–Crippen LogP) is 6.82. The van der Waals surface area contributed by atoms with Crippen molar-refractivity contribution in [2.45, 2.75) is 91.4 Å². The number of methoxy groups -OCH3 is 1. The standard InChI is InChI=1S/C36H47BFNO8/c1-21(2)22(3)17-27(38)31(43-20-23-13-15-26(42-9)16-14-23)32-28(44-35(4,5)46-32)12-10-11-24-18-25(39(8)34(37)41)19-29-30(24)33(40)47-36(6,7)45-29/h10-11,13-19,21-22,28,31-32H,12,20,37H2,1-9H3/b11-10+,27-17+/t22-,28+,31-,32+/m1/s1. The number of fused-ring (bicyclic) bond motifs is 1. The first-order valence-electron chi connectivity index (χ1n) is 16.0. The molecular formula is C36H47BFNO8.